The van der Waals surface area contributed by atoms with E-state index in [-0.39, 0.29) is 89.7 Å². The Balaban J connectivity index is 0.000000816. The van der Waals surface area contributed by atoms with E-state index in [4.69, 9.17) is 84.8 Å². The van der Waals surface area contributed by atoms with Gasteiger partial charge in [-0.1, -0.05) is 351 Å². The summed E-state index contributed by atoms with van der Waals surface area (Å²) >= 11 is 0. The van der Waals surface area contributed by atoms with Crippen molar-refractivity contribution in [2.24, 2.45) is 0 Å². The molecule has 1 unspecified atom stereocenters. The molecular weight excluding hydrogens is 1940 g/mol. The van der Waals surface area contributed by atoms with E-state index in [0.29, 0.717) is 16.8 Å². The molecule has 0 saturated carbocycles. The maximum atomic E-state index is 13.3. The van der Waals surface area contributed by atoms with Gasteiger partial charge in [-0.2, -0.15) is 8.78 Å². The molecule has 38 heteroatoms. The number of alkyl halides is 2. The number of phosphoric ester groups is 1. The zero-order valence-corrected chi connectivity index (χ0v) is 89.5. The number of ether oxygens (including phenoxy) is 2. The first kappa shape index (κ1) is 130. The second-order valence-corrected chi connectivity index (χ2v) is 47.1. The molecule has 0 spiro atoms. The van der Waals surface area contributed by atoms with Crippen molar-refractivity contribution in [2.75, 3.05) is 11.9 Å². The number of nitrogens with one attached hydrogen (secondary N) is 1. The highest BCUT2D eigenvalue weighted by atomic mass is 31.2. The largest absolute Gasteiger partial charge is 0.524 e. The third-order valence-electron chi connectivity index (χ3n) is 20.8. The fraction of sp³-hybridized carbons (Fsp3) is 0.402. The molecule has 9 aromatic rings. The van der Waals surface area contributed by atoms with Crippen LogP contribution in [-0.4, -0.2) is 153 Å². The summed E-state index contributed by atoms with van der Waals surface area (Å²) in [6.07, 6.45) is -3.40. The maximum absolute atomic E-state index is 13.3. The number of carbonyl (C=O) groups is 10. The minimum Gasteiger partial charge on any atom is -0.481 e. The highest BCUT2D eigenvalue weighted by Crippen LogP contribution is 2.59. The molecule has 17 N–H and O–H groups in total. The van der Waals surface area contributed by atoms with Gasteiger partial charge in [0.05, 0.1) is 12.6 Å². The number of anilines is 1. The van der Waals surface area contributed by atoms with Crippen molar-refractivity contribution in [1.29, 1.82) is 0 Å². The van der Waals surface area contributed by atoms with Gasteiger partial charge in [0, 0.05) is 11.3 Å². The molecule has 33 nitrogen and oxygen atoms in total. The summed E-state index contributed by atoms with van der Waals surface area (Å²) in [6, 6.07) is 59.2. The van der Waals surface area contributed by atoms with Crippen LogP contribution in [0, 0.1) is 0 Å². The molecular formula is C107H142F2NO32P3. The number of aliphatic carboxylic acids is 8. The fourth-order valence-electron chi connectivity index (χ4n) is 12.1. The molecule has 1 amide bonds. The van der Waals surface area contributed by atoms with Gasteiger partial charge in [-0.3, -0.25) is 38.1 Å². The number of benzene rings is 9. The van der Waals surface area contributed by atoms with Gasteiger partial charge in [0.2, 0.25) is 0 Å². The lowest BCUT2D eigenvalue weighted by atomic mass is 9.85. The van der Waals surface area contributed by atoms with Crippen molar-refractivity contribution < 1.29 is 165 Å². The Morgan fingerprint density at radius 3 is 0.903 bits per heavy atom. The van der Waals surface area contributed by atoms with Gasteiger partial charge in [0.25, 0.3) is 6.10 Å². The first-order valence-electron chi connectivity index (χ1n) is 45.0. The SMILES string of the molecule is CC(C)(C)c1ccc(C(C(=O)O)C(=O)O)cc1.CC(C)(C)c1ccc(C(F)(F)P(=O)(O)O)cc1.CC(C)(C)c1ccc(C(O)C(=O)O)cc1.CC(C)(C)c1ccc(CC(=O)O)cc1.CC(C)(C)c1ccc(CP(=O)(O)O)cc1.CC(C)(C)c1ccc(NC(=O)C(=O)O)cc1.CC(C)(C)c1ccc(OC(C(=O)O)C(=O)O)cc1.CC(C)(C)c1ccc(OCC(=O)O)c(C(=O)O)c1.CC(C)(C)c1ccc(OP(=O)(O)O)cc1. The monoisotopic (exact) mass is 2080 g/mol. The molecule has 1 atom stereocenters. The smallest absolute Gasteiger partial charge is 0.481 e. The molecule has 9 rings (SSSR count). The predicted molar refractivity (Wildman–Crippen MR) is 549 cm³/mol. The van der Waals surface area contributed by atoms with E-state index in [0.717, 1.165) is 62.2 Å². The summed E-state index contributed by atoms with van der Waals surface area (Å²) in [4.78, 5) is 159. The summed E-state index contributed by atoms with van der Waals surface area (Å²) in [5, 5.41) is 89.9. The number of hydrogen-bond donors (Lipinski definition) is 17. The van der Waals surface area contributed by atoms with Crippen molar-refractivity contribution in [1.82, 2.24) is 0 Å². The summed E-state index contributed by atoms with van der Waals surface area (Å²) in [6.45, 7) is 54.7. The topological polar surface area (TPSA) is 585 Å². The van der Waals surface area contributed by atoms with Crippen LogP contribution < -0.4 is 19.3 Å². The molecule has 0 bridgehead atoms. The summed E-state index contributed by atoms with van der Waals surface area (Å²) < 4.78 is 73.0. The lowest BCUT2D eigenvalue weighted by Crippen LogP contribution is -2.35. The third-order valence-corrected chi connectivity index (χ3v) is 23.0. The standard InChI is InChI=1S/2C13H16O5.C13H16O4.C12H15NO3.C12H16O3.C12H16O2.C11H15F2O3P.C11H17O3P.C10H15O4P/c1-13(2,3)8-4-6-9(7-5-8)18-10(11(14)15)12(16)17;1-13(2,3)8-4-5-10(18-7-11(14)15)9(6-8)12(16)17;1-13(2,3)9-6-4-8(5-7-9)10(11(14)15)12(16)17;1-12(2,3)8-4-6-9(7-5-8)13-10(14)11(15)16;1-12(2,3)9-6-4-8(5-7-9)10(13)11(14)15;1-12(2,3)10-6-4-9(5-7-10)8-11(13)14;1-10(2,3)8-4-6-9(7-5-8)11(12,13)17(14,15)16;1-11(2,3)10-6-4-9(5-7-10)8-15(12,13)14;1-10(2,3)8-4-6-9(7-5-8)14-15(11,12)13/h4-7,10H,1-3H3,(H,14,15)(H,16,17);4-6H,7H2,1-3H3,(H,14,15)(H,16,17);4-7,10H,1-3H3,(H,14,15)(H,16,17);4-7H,1-3H3,(H,13,14)(H,15,16);4-7,10,13H,1-3H3,(H,14,15);4-7H,8H2,1-3H3,(H,13,14);4-7H,1-3H3,(H2,14,15,16);4-7H,8H2,1-3H3,(H2,12,13,14);4-7H,1-3H3,(H2,11,12,13). The molecule has 0 radical (unpaired) electrons. The van der Waals surface area contributed by atoms with Crippen LogP contribution in [0.25, 0.3) is 0 Å². The second-order valence-electron chi connectivity index (χ2n) is 42.6. The normalized spacial score (nSPS) is 12.1. The van der Waals surface area contributed by atoms with Gasteiger partial charge in [0.1, 0.15) is 22.8 Å². The van der Waals surface area contributed by atoms with E-state index in [9.17, 15) is 75.5 Å². The Bertz CT molecular complexity index is 5810. The summed E-state index contributed by atoms with van der Waals surface area (Å²) in [7, 11) is -13.9. The molecule has 0 aliphatic carbocycles. The van der Waals surface area contributed by atoms with E-state index >= 15 is 0 Å². The maximum Gasteiger partial charge on any atom is 0.524 e. The molecule has 145 heavy (non-hydrogen) atoms. The van der Waals surface area contributed by atoms with E-state index in [2.05, 4.69) is 114 Å². The van der Waals surface area contributed by atoms with E-state index in [1.165, 1.54) is 29.8 Å². The quantitative estimate of drug-likeness (QED) is 0.0170. The first-order chi connectivity index (χ1) is 65.5. The summed E-state index contributed by atoms with van der Waals surface area (Å²) in [5.41, 5.74) is 7.20. The van der Waals surface area contributed by atoms with E-state index in [1.807, 2.05) is 144 Å². The number of amides is 1. The number of aliphatic hydroxyl groups is 1. The van der Waals surface area contributed by atoms with Crippen LogP contribution in [0.4, 0.5) is 14.5 Å². The number of rotatable bonds is 22. The van der Waals surface area contributed by atoms with Crippen LogP contribution in [0.1, 0.15) is 287 Å². The fourth-order valence-corrected chi connectivity index (χ4v) is 13.6. The van der Waals surface area contributed by atoms with Gasteiger partial charge < -0.3 is 90.0 Å². The average Bonchev–Trinajstić information content (AvgIpc) is 0.787. The van der Waals surface area contributed by atoms with Crippen molar-refractivity contribution in [3.8, 4) is 17.2 Å². The van der Waals surface area contributed by atoms with Gasteiger partial charge in [0.15, 0.2) is 18.6 Å². The van der Waals surface area contributed by atoms with Crippen molar-refractivity contribution in [3.63, 3.8) is 0 Å². The minimum atomic E-state index is -5.48. The summed E-state index contributed by atoms with van der Waals surface area (Å²) in [5.74, 6) is -13.6. The van der Waals surface area contributed by atoms with Crippen LogP contribution in [0.5, 0.6) is 17.2 Å². The Kier molecular flexibility index (Phi) is 48.5. The van der Waals surface area contributed by atoms with Gasteiger partial charge in [-0.15, -0.1) is 0 Å². The number of carboxylic acid groups (broad SMARTS) is 9. The number of halogens is 2. The molecule has 0 fully saturated rings. The Labute approximate surface area is 845 Å². The third kappa shape index (κ3) is 48.7. The highest BCUT2D eigenvalue weighted by molar-refractivity contribution is 7.52. The Morgan fingerprint density at radius 2 is 0.628 bits per heavy atom. The number of carboxylic acids is 9. The highest BCUT2D eigenvalue weighted by Gasteiger charge is 2.50. The first-order valence-corrected chi connectivity index (χ1v) is 50.0. The number of aromatic carboxylic acids is 1. The van der Waals surface area contributed by atoms with E-state index in [1.54, 1.807) is 115 Å². The van der Waals surface area contributed by atoms with Crippen LogP contribution >= 0.6 is 23.0 Å². The zero-order valence-electron chi connectivity index (χ0n) is 86.8. The van der Waals surface area contributed by atoms with Crippen LogP contribution in [0.3, 0.4) is 0 Å². The number of aliphatic hydroxyl groups excluding tert-OH is 1. The lowest BCUT2D eigenvalue weighted by Gasteiger charge is -2.21. The predicted octanol–water partition coefficient (Wildman–Crippen LogP) is 21.3. The minimum absolute atomic E-state index is 0.0145. The van der Waals surface area contributed by atoms with Gasteiger partial charge in [-0.05, 0) is 170 Å². The van der Waals surface area contributed by atoms with Crippen molar-refractivity contribution in [2.45, 2.75) is 272 Å². The van der Waals surface area contributed by atoms with Gasteiger partial charge in [-0.25, -0.2) is 33.3 Å². The lowest BCUT2D eigenvalue weighted by molar-refractivity contribution is -0.159. The van der Waals surface area contributed by atoms with Crippen molar-refractivity contribution >= 4 is 88.3 Å². The molecule has 0 saturated heterocycles. The molecule has 0 aliphatic rings. The van der Waals surface area contributed by atoms with Crippen LogP contribution in [-0.2, 0) is 124 Å². The molecule has 0 aliphatic heterocycles. The molecule has 0 aromatic heterocycles. The molecule has 0 heterocycles. The molecule has 796 valence electrons. The Morgan fingerprint density at radius 1 is 0.338 bits per heavy atom. The van der Waals surface area contributed by atoms with Crippen molar-refractivity contribution in [3.05, 3.63) is 296 Å². The number of carbonyl (C=O) groups excluding carboxylic acids is 1. The molecule has 9 aromatic carbocycles. The number of hydrogen-bond acceptors (Lipinski definition) is 17. The Hall–Kier alpha value is -12.7. The van der Waals surface area contributed by atoms with Crippen LogP contribution in [0.2, 0.25) is 0 Å². The van der Waals surface area contributed by atoms with Gasteiger partial charge >= 0.3 is 88.3 Å². The number of phosphoric acid groups is 1. The van der Waals surface area contributed by atoms with E-state index < -0.39 is 119 Å². The zero-order chi connectivity index (χ0) is 113. The second kappa shape index (κ2) is 54.0. The van der Waals surface area contributed by atoms with Crippen LogP contribution in [0.15, 0.2) is 212 Å². The average molecular weight is 2090 g/mol.